The summed E-state index contributed by atoms with van der Waals surface area (Å²) < 4.78 is 1.75. The molecule has 1 aromatic rings. The van der Waals surface area contributed by atoms with E-state index in [1.807, 2.05) is 0 Å². The van der Waals surface area contributed by atoms with Gasteiger partial charge in [-0.25, -0.2) is 4.98 Å². The zero-order valence-electron chi connectivity index (χ0n) is 6.44. The van der Waals surface area contributed by atoms with Crippen LogP contribution in [-0.2, 0) is 13.2 Å². The minimum atomic E-state index is -0.379. The van der Waals surface area contributed by atoms with Gasteiger partial charge in [0.15, 0.2) is 0 Å². The third kappa shape index (κ3) is 2.32. The van der Waals surface area contributed by atoms with Gasteiger partial charge in [-0.15, -0.1) is 0 Å². The number of hydrogen-bond acceptors (Lipinski definition) is 3. The van der Waals surface area contributed by atoms with E-state index in [1.165, 1.54) is 0 Å². The fourth-order valence-electron chi connectivity index (χ4n) is 0.893. The quantitative estimate of drug-likeness (QED) is 0.634. The molecule has 0 amide bonds. The molecule has 1 rings (SSSR count). The Morgan fingerprint density at radius 3 is 2.91 bits per heavy atom. The van der Waals surface area contributed by atoms with Gasteiger partial charge in [-0.05, 0) is 6.92 Å². The molecule has 1 atom stereocenters. The van der Waals surface area contributed by atoms with Crippen LogP contribution in [0.15, 0.2) is 12.5 Å². The van der Waals surface area contributed by atoms with E-state index in [9.17, 15) is 0 Å². The minimum absolute atomic E-state index is 0.0488. The summed E-state index contributed by atoms with van der Waals surface area (Å²) in [6, 6.07) is 0. The highest BCUT2D eigenvalue weighted by atomic mass is 16.3. The van der Waals surface area contributed by atoms with E-state index >= 15 is 0 Å². The van der Waals surface area contributed by atoms with Gasteiger partial charge < -0.3 is 14.8 Å². The third-order valence-corrected chi connectivity index (χ3v) is 1.32. The van der Waals surface area contributed by atoms with Crippen molar-refractivity contribution in [3.8, 4) is 0 Å². The first kappa shape index (κ1) is 8.23. The van der Waals surface area contributed by atoms with Gasteiger partial charge in [0, 0.05) is 12.7 Å². The molecule has 0 aliphatic carbocycles. The Hall–Kier alpha value is -0.870. The number of aliphatic hydroxyl groups is 2. The van der Waals surface area contributed by atoms with Crippen LogP contribution in [0.2, 0.25) is 0 Å². The predicted molar refractivity (Wildman–Crippen MR) is 39.8 cm³/mol. The standard InChI is InChI=1S/C7H12N2O2/c1-6(11)2-9-3-7(4-10)8-5-9/h3,5-6,10-11H,2,4H2,1H3. The Bertz CT molecular complexity index is 220. The van der Waals surface area contributed by atoms with Gasteiger partial charge in [0.25, 0.3) is 0 Å². The topological polar surface area (TPSA) is 58.3 Å². The van der Waals surface area contributed by atoms with Crippen LogP contribution in [0.3, 0.4) is 0 Å². The summed E-state index contributed by atoms with van der Waals surface area (Å²) in [5.41, 5.74) is 0.630. The van der Waals surface area contributed by atoms with Crippen molar-refractivity contribution in [3.63, 3.8) is 0 Å². The molecule has 1 aromatic heterocycles. The number of hydrogen-bond donors (Lipinski definition) is 2. The van der Waals surface area contributed by atoms with Crippen molar-refractivity contribution in [1.29, 1.82) is 0 Å². The van der Waals surface area contributed by atoms with E-state index in [0.29, 0.717) is 12.2 Å². The molecule has 0 spiro atoms. The Labute approximate surface area is 65.1 Å². The van der Waals surface area contributed by atoms with Crippen LogP contribution in [0.5, 0.6) is 0 Å². The fraction of sp³-hybridized carbons (Fsp3) is 0.571. The van der Waals surface area contributed by atoms with Crippen molar-refractivity contribution in [2.45, 2.75) is 26.2 Å². The lowest BCUT2D eigenvalue weighted by atomic mass is 10.4. The molecule has 0 saturated carbocycles. The second-order valence-electron chi connectivity index (χ2n) is 2.57. The summed E-state index contributed by atoms with van der Waals surface area (Å²) in [6.07, 6.45) is 2.93. The van der Waals surface area contributed by atoms with E-state index in [2.05, 4.69) is 4.98 Å². The molecule has 4 nitrogen and oxygen atoms in total. The molecule has 1 heterocycles. The maximum absolute atomic E-state index is 8.98. The Balaban J connectivity index is 2.58. The molecule has 0 aromatic carbocycles. The molecule has 11 heavy (non-hydrogen) atoms. The van der Waals surface area contributed by atoms with Gasteiger partial charge in [-0.2, -0.15) is 0 Å². The van der Waals surface area contributed by atoms with E-state index < -0.39 is 0 Å². The van der Waals surface area contributed by atoms with E-state index in [-0.39, 0.29) is 12.7 Å². The largest absolute Gasteiger partial charge is 0.392 e. The highest BCUT2D eigenvalue weighted by molar-refractivity contribution is 4.94. The van der Waals surface area contributed by atoms with E-state index in [0.717, 1.165) is 0 Å². The molecule has 0 bridgehead atoms. The summed E-state index contributed by atoms with van der Waals surface area (Å²) in [5, 5.41) is 17.6. The number of imidazole rings is 1. The monoisotopic (exact) mass is 156 g/mol. The Kier molecular flexibility index (Phi) is 2.62. The molecular formula is C7H12N2O2. The second-order valence-corrected chi connectivity index (χ2v) is 2.57. The lowest BCUT2D eigenvalue weighted by Gasteiger charge is -2.02. The van der Waals surface area contributed by atoms with Crippen LogP contribution < -0.4 is 0 Å². The molecule has 62 valence electrons. The first-order chi connectivity index (χ1) is 5.22. The summed E-state index contributed by atoms with van der Waals surface area (Å²) in [4.78, 5) is 3.89. The van der Waals surface area contributed by atoms with Crippen molar-refractivity contribution in [1.82, 2.24) is 9.55 Å². The number of aromatic nitrogens is 2. The highest BCUT2D eigenvalue weighted by Gasteiger charge is 1.99. The van der Waals surface area contributed by atoms with Gasteiger partial charge in [-0.1, -0.05) is 0 Å². The molecule has 0 aliphatic rings. The first-order valence-corrected chi connectivity index (χ1v) is 3.52. The molecule has 0 radical (unpaired) electrons. The summed E-state index contributed by atoms with van der Waals surface area (Å²) >= 11 is 0. The molecule has 1 unspecified atom stereocenters. The average Bonchev–Trinajstić information content (AvgIpc) is 2.34. The van der Waals surface area contributed by atoms with Crippen LogP contribution >= 0.6 is 0 Å². The van der Waals surface area contributed by atoms with Gasteiger partial charge in [0.2, 0.25) is 0 Å². The average molecular weight is 156 g/mol. The zero-order valence-corrected chi connectivity index (χ0v) is 6.44. The predicted octanol–water partition coefficient (Wildman–Crippen LogP) is -0.244. The van der Waals surface area contributed by atoms with Crippen LogP contribution in [0, 0.1) is 0 Å². The maximum Gasteiger partial charge on any atom is 0.0951 e. The summed E-state index contributed by atoms with van der Waals surface area (Å²) in [5.74, 6) is 0. The number of aliphatic hydroxyl groups excluding tert-OH is 2. The van der Waals surface area contributed by atoms with Crippen molar-refractivity contribution < 1.29 is 10.2 Å². The van der Waals surface area contributed by atoms with Gasteiger partial charge in [-0.3, -0.25) is 0 Å². The van der Waals surface area contributed by atoms with Crippen molar-refractivity contribution in [2.24, 2.45) is 0 Å². The lowest BCUT2D eigenvalue weighted by molar-refractivity contribution is 0.173. The summed E-state index contributed by atoms with van der Waals surface area (Å²) in [7, 11) is 0. The van der Waals surface area contributed by atoms with E-state index in [4.69, 9.17) is 10.2 Å². The smallest absolute Gasteiger partial charge is 0.0951 e. The molecule has 2 N–H and O–H groups in total. The first-order valence-electron chi connectivity index (χ1n) is 3.52. The van der Waals surface area contributed by atoms with Gasteiger partial charge in [0.05, 0.1) is 24.7 Å². The van der Waals surface area contributed by atoms with Crippen LogP contribution in [0.25, 0.3) is 0 Å². The van der Waals surface area contributed by atoms with Crippen LogP contribution in [-0.4, -0.2) is 25.9 Å². The molecule has 4 heteroatoms. The fourth-order valence-corrected chi connectivity index (χ4v) is 0.893. The van der Waals surface area contributed by atoms with E-state index in [1.54, 1.807) is 24.0 Å². The van der Waals surface area contributed by atoms with Gasteiger partial charge >= 0.3 is 0 Å². The molecule has 0 saturated heterocycles. The Morgan fingerprint density at radius 1 is 1.73 bits per heavy atom. The number of nitrogens with zero attached hydrogens (tertiary/aromatic N) is 2. The third-order valence-electron chi connectivity index (χ3n) is 1.32. The second kappa shape index (κ2) is 3.50. The van der Waals surface area contributed by atoms with Crippen molar-refractivity contribution >= 4 is 0 Å². The molecule has 0 aliphatic heterocycles. The summed E-state index contributed by atoms with van der Waals surface area (Å²) in [6.45, 7) is 2.18. The van der Waals surface area contributed by atoms with Crippen molar-refractivity contribution in [2.75, 3.05) is 0 Å². The maximum atomic E-state index is 8.98. The van der Waals surface area contributed by atoms with Gasteiger partial charge in [0.1, 0.15) is 0 Å². The highest BCUT2D eigenvalue weighted by Crippen LogP contribution is 1.96. The Morgan fingerprint density at radius 2 is 2.45 bits per heavy atom. The molecular weight excluding hydrogens is 144 g/mol. The number of rotatable bonds is 3. The normalized spacial score (nSPS) is 13.4. The lowest BCUT2D eigenvalue weighted by Crippen LogP contribution is -2.09. The van der Waals surface area contributed by atoms with Crippen LogP contribution in [0.4, 0.5) is 0 Å². The van der Waals surface area contributed by atoms with Crippen LogP contribution in [0.1, 0.15) is 12.6 Å². The van der Waals surface area contributed by atoms with Crippen molar-refractivity contribution in [3.05, 3.63) is 18.2 Å². The zero-order chi connectivity index (χ0) is 8.27. The SMILES string of the molecule is CC(O)Cn1cnc(CO)c1. The minimum Gasteiger partial charge on any atom is -0.392 e. The molecule has 0 fully saturated rings.